The molecule has 0 radical (unpaired) electrons. The van der Waals surface area contributed by atoms with Crippen molar-refractivity contribution in [2.75, 3.05) is 34.5 Å². The van der Waals surface area contributed by atoms with Crippen LogP contribution < -0.4 is 20.3 Å². The van der Waals surface area contributed by atoms with Gasteiger partial charge < -0.3 is 24.5 Å². The normalized spacial score (nSPS) is 10.5. The van der Waals surface area contributed by atoms with Gasteiger partial charge in [-0.15, -0.1) is 10.2 Å². The molecule has 2 rings (SSSR count). The van der Waals surface area contributed by atoms with E-state index in [9.17, 15) is 9.59 Å². The van der Waals surface area contributed by atoms with Crippen molar-refractivity contribution in [3.8, 4) is 11.5 Å². The van der Waals surface area contributed by atoms with Gasteiger partial charge in [0.1, 0.15) is 11.5 Å². The summed E-state index contributed by atoms with van der Waals surface area (Å²) in [6.07, 6.45) is 0.772. The highest BCUT2D eigenvalue weighted by Gasteiger charge is 2.10. The van der Waals surface area contributed by atoms with Crippen molar-refractivity contribution in [3.63, 3.8) is 0 Å². The molecule has 9 nitrogen and oxygen atoms in total. The van der Waals surface area contributed by atoms with Gasteiger partial charge >= 0.3 is 0 Å². The zero-order valence-electron chi connectivity index (χ0n) is 15.7. The number of nitrogens with zero attached hydrogens (tertiary/aromatic N) is 2. The predicted octanol–water partition coefficient (Wildman–Crippen LogP) is 0.468. The van der Waals surface area contributed by atoms with Crippen LogP contribution in [0.15, 0.2) is 23.0 Å². The molecular weight excluding hydrogens is 352 g/mol. The molecule has 0 bridgehead atoms. The molecule has 2 N–H and O–H groups in total. The number of hydrogen-bond donors (Lipinski definition) is 2. The Morgan fingerprint density at radius 1 is 1.15 bits per heavy atom. The standard InChI is InChI=1S/C18H24N4O5/c1-25-9-8-19-17(23)7-5-13-18(24)20-16(22-21-13)11-12-4-6-14(26-2)15(10-12)27-3/h4,6,10H,5,7-9,11H2,1-3H3,(H,19,23)(H,20,22,24). The van der Waals surface area contributed by atoms with Crippen LogP contribution in [0.2, 0.25) is 0 Å². The molecule has 0 aliphatic carbocycles. The Morgan fingerprint density at radius 3 is 2.59 bits per heavy atom. The summed E-state index contributed by atoms with van der Waals surface area (Å²) in [6.45, 7) is 0.874. The third-order valence-electron chi connectivity index (χ3n) is 3.85. The molecule has 2 aromatic rings. The molecule has 0 aliphatic heterocycles. The lowest BCUT2D eigenvalue weighted by molar-refractivity contribution is -0.121. The second kappa shape index (κ2) is 10.3. The Labute approximate surface area is 157 Å². The average molecular weight is 376 g/mol. The van der Waals surface area contributed by atoms with E-state index in [1.807, 2.05) is 12.1 Å². The first kappa shape index (κ1) is 20.4. The topological polar surface area (TPSA) is 115 Å². The maximum Gasteiger partial charge on any atom is 0.272 e. The van der Waals surface area contributed by atoms with Crippen LogP contribution in [0.5, 0.6) is 11.5 Å². The molecular formula is C18H24N4O5. The van der Waals surface area contributed by atoms with Gasteiger partial charge in [-0.2, -0.15) is 0 Å². The van der Waals surface area contributed by atoms with Crippen LogP contribution in [-0.2, 0) is 22.4 Å². The van der Waals surface area contributed by atoms with Gasteiger partial charge in [-0.3, -0.25) is 9.59 Å². The molecule has 1 aromatic carbocycles. The average Bonchev–Trinajstić information content (AvgIpc) is 2.67. The summed E-state index contributed by atoms with van der Waals surface area (Å²) >= 11 is 0. The van der Waals surface area contributed by atoms with Crippen molar-refractivity contribution < 1.29 is 19.0 Å². The second-order valence-electron chi connectivity index (χ2n) is 5.76. The lowest BCUT2D eigenvalue weighted by atomic mass is 10.1. The third kappa shape index (κ3) is 6.07. The minimum atomic E-state index is -0.342. The van der Waals surface area contributed by atoms with Gasteiger partial charge in [0.05, 0.1) is 20.8 Å². The van der Waals surface area contributed by atoms with Crippen molar-refractivity contribution >= 4 is 5.91 Å². The molecule has 27 heavy (non-hydrogen) atoms. The highest BCUT2D eigenvalue weighted by Crippen LogP contribution is 2.28. The number of H-pyrrole nitrogens is 1. The Morgan fingerprint density at radius 2 is 1.93 bits per heavy atom. The minimum Gasteiger partial charge on any atom is -0.493 e. The molecule has 1 aromatic heterocycles. The number of carbonyl (C=O) groups is 1. The van der Waals surface area contributed by atoms with Crippen molar-refractivity contribution in [3.05, 3.63) is 45.6 Å². The zero-order valence-corrected chi connectivity index (χ0v) is 15.7. The van der Waals surface area contributed by atoms with E-state index in [-0.39, 0.29) is 30.0 Å². The molecule has 0 fully saturated rings. The zero-order chi connectivity index (χ0) is 19.6. The molecule has 9 heteroatoms. The molecule has 146 valence electrons. The Hall–Kier alpha value is -2.94. The largest absolute Gasteiger partial charge is 0.493 e. The number of carbonyl (C=O) groups excluding carboxylic acids is 1. The van der Waals surface area contributed by atoms with Gasteiger partial charge in [0.15, 0.2) is 11.5 Å². The van der Waals surface area contributed by atoms with E-state index in [4.69, 9.17) is 14.2 Å². The van der Waals surface area contributed by atoms with Crippen LogP contribution in [0.3, 0.4) is 0 Å². The quantitative estimate of drug-likeness (QED) is 0.579. The van der Waals surface area contributed by atoms with Crippen LogP contribution in [0.1, 0.15) is 23.5 Å². The lowest BCUT2D eigenvalue weighted by Crippen LogP contribution is -2.28. The van der Waals surface area contributed by atoms with Crippen LogP contribution in [0.4, 0.5) is 0 Å². The number of benzene rings is 1. The van der Waals surface area contributed by atoms with E-state index in [2.05, 4.69) is 20.5 Å². The molecule has 0 spiro atoms. The fourth-order valence-corrected chi connectivity index (χ4v) is 2.43. The van der Waals surface area contributed by atoms with Gasteiger partial charge in [-0.25, -0.2) is 0 Å². The summed E-state index contributed by atoms with van der Waals surface area (Å²) in [5.74, 6) is 1.49. The number of nitrogens with one attached hydrogen (secondary N) is 2. The summed E-state index contributed by atoms with van der Waals surface area (Å²) in [6, 6.07) is 5.47. The van der Waals surface area contributed by atoms with Crippen LogP contribution in [0, 0.1) is 0 Å². The Bertz CT molecular complexity index is 822. The summed E-state index contributed by atoms with van der Waals surface area (Å²) in [5.41, 5.74) is 0.779. The van der Waals surface area contributed by atoms with Crippen molar-refractivity contribution in [2.45, 2.75) is 19.3 Å². The van der Waals surface area contributed by atoms with Crippen LogP contribution in [0.25, 0.3) is 0 Å². The summed E-state index contributed by atoms with van der Waals surface area (Å²) in [5, 5.41) is 10.7. The molecule has 1 heterocycles. The Balaban J connectivity index is 1.98. The van der Waals surface area contributed by atoms with E-state index < -0.39 is 0 Å². The van der Waals surface area contributed by atoms with Crippen molar-refractivity contribution in [2.24, 2.45) is 0 Å². The Kier molecular flexibility index (Phi) is 7.75. The molecule has 0 atom stereocenters. The molecule has 0 unspecified atom stereocenters. The van der Waals surface area contributed by atoms with Gasteiger partial charge in [0.2, 0.25) is 5.91 Å². The van der Waals surface area contributed by atoms with Gasteiger partial charge in [0.25, 0.3) is 5.56 Å². The van der Waals surface area contributed by atoms with Gasteiger partial charge in [-0.05, 0) is 17.7 Å². The number of aromatic nitrogens is 3. The van der Waals surface area contributed by atoms with Crippen LogP contribution in [-0.4, -0.2) is 55.6 Å². The highest BCUT2D eigenvalue weighted by molar-refractivity contribution is 5.76. The number of hydrogen-bond acceptors (Lipinski definition) is 7. The fourth-order valence-electron chi connectivity index (χ4n) is 2.43. The summed E-state index contributed by atoms with van der Waals surface area (Å²) in [7, 11) is 4.69. The number of methoxy groups -OCH3 is 3. The first-order chi connectivity index (χ1) is 13.1. The maximum absolute atomic E-state index is 12.2. The number of amides is 1. The van der Waals surface area contributed by atoms with E-state index in [0.717, 1.165) is 5.56 Å². The number of aromatic amines is 1. The molecule has 0 saturated carbocycles. The number of aryl methyl sites for hydroxylation is 1. The number of rotatable bonds is 10. The first-order valence-electron chi connectivity index (χ1n) is 8.48. The van der Waals surface area contributed by atoms with E-state index >= 15 is 0 Å². The van der Waals surface area contributed by atoms with Crippen LogP contribution >= 0.6 is 0 Å². The second-order valence-corrected chi connectivity index (χ2v) is 5.76. The summed E-state index contributed by atoms with van der Waals surface area (Å²) in [4.78, 5) is 26.6. The van der Waals surface area contributed by atoms with Crippen molar-refractivity contribution in [1.29, 1.82) is 0 Å². The summed E-state index contributed by atoms with van der Waals surface area (Å²) < 4.78 is 15.3. The number of ether oxygens (including phenoxy) is 3. The first-order valence-corrected chi connectivity index (χ1v) is 8.48. The highest BCUT2D eigenvalue weighted by atomic mass is 16.5. The fraction of sp³-hybridized carbons (Fsp3) is 0.444. The molecule has 0 aliphatic rings. The van der Waals surface area contributed by atoms with E-state index in [0.29, 0.717) is 36.9 Å². The monoisotopic (exact) mass is 376 g/mol. The van der Waals surface area contributed by atoms with E-state index in [1.165, 1.54) is 0 Å². The van der Waals surface area contributed by atoms with Gasteiger partial charge in [-0.1, -0.05) is 6.07 Å². The van der Waals surface area contributed by atoms with Gasteiger partial charge in [0, 0.05) is 32.9 Å². The van der Waals surface area contributed by atoms with E-state index in [1.54, 1.807) is 27.4 Å². The van der Waals surface area contributed by atoms with Crippen molar-refractivity contribution in [1.82, 2.24) is 20.5 Å². The SMILES string of the molecule is COCCNC(=O)CCc1nnc(Cc2ccc(OC)c(OC)c2)[nH]c1=O. The lowest BCUT2D eigenvalue weighted by Gasteiger charge is -2.09. The minimum absolute atomic E-state index is 0.163. The predicted molar refractivity (Wildman–Crippen MR) is 98.2 cm³/mol. The third-order valence-corrected chi connectivity index (χ3v) is 3.85. The molecule has 0 saturated heterocycles. The molecule has 1 amide bonds. The smallest absolute Gasteiger partial charge is 0.272 e. The maximum atomic E-state index is 12.2.